The molecule has 0 aromatic heterocycles. The first-order chi connectivity index (χ1) is 10.5. The monoisotopic (exact) mass is 307 g/mol. The summed E-state index contributed by atoms with van der Waals surface area (Å²) in [5, 5.41) is 10.5. The smallest absolute Gasteiger partial charge is 0.254 e. The maximum absolute atomic E-state index is 13.1. The van der Waals surface area contributed by atoms with Gasteiger partial charge in [-0.15, -0.1) is 0 Å². The molecular formula is C17H22FNO3. The fourth-order valence-corrected chi connectivity index (χ4v) is 3.45. The van der Waals surface area contributed by atoms with E-state index in [4.69, 9.17) is 4.74 Å². The van der Waals surface area contributed by atoms with Crippen LogP contribution in [0.5, 0.6) is 0 Å². The number of rotatable bonds is 2. The average molecular weight is 307 g/mol. The lowest BCUT2D eigenvalue weighted by molar-refractivity contribution is -0.163. The van der Waals surface area contributed by atoms with Gasteiger partial charge in [-0.05, 0) is 50.3 Å². The van der Waals surface area contributed by atoms with E-state index in [1.54, 1.807) is 17.0 Å². The minimum Gasteiger partial charge on any atom is -0.380 e. The molecule has 1 aromatic rings. The molecule has 120 valence electrons. The summed E-state index contributed by atoms with van der Waals surface area (Å²) in [5.41, 5.74) is -0.353. The summed E-state index contributed by atoms with van der Waals surface area (Å²) in [7, 11) is 0. The normalized spacial score (nSPS) is 27.9. The maximum atomic E-state index is 13.1. The molecule has 22 heavy (non-hydrogen) atoms. The van der Waals surface area contributed by atoms with Gasteiger partial charge in [-0.1, -0.05) is 12.1 Å². The summed E-state index contributed by atoms with van der Waals surface area (Å²) in [6.07, 6.45) is 2.47. The molecule has 4 nitrogen and oxygen atoms in total. The van der Waals surface area contributed by atoms with Gasteiger partial charge in [0, 0.05) is 6.54 Å². The molecule has 1 aliphatic heterocycles. The molecule has 0 spiro atoms. The predicted molar refractivity (Wildman–Crippen MR) is 79.7 cm³/mol. The first-order valence-electron chi connectivity index (χ1n) is 7.91. The van der Waals surface area contributed by atoms with Crippen molar-refractivity contribution in [2.75, 3.05) is 13.1 Å². The third kappa shape index (κ3) is 3.01. The highest BCUT2D eigenvalue weighted by atomic mass is 19.1. The lowest BCUT2D eigenvalue weighted by atomic mass is 9.98. The van der Waals surface area contributed by atoms with Crippen molar-refractivity contribution in [3.05, 3.63) is 35.6 Å². The second-order valence-electron chi connectivity index (χ2n) is 6.44. The van der Waals surface area contributed by atoms with E-state index in [0.717, 1.165) is 18.4 Å². The van der Waals surface area contributed by atoms with Crippen LogP contribution in [-0.2, 0) is 9.53 Å². The van der Waals surface area contributed by atoms with E-state index in [1.165, 1.54) is 12.1 Å². The Morgan fingerprint density at radius 3 is 2.55 bits per heavy atom. The largest absolute Gasteiger partial charge is 0.380 e. The van der Waals surface area contributed by atoms with Crippen molar-refractivity contribution in [2.45, 2.75) is 50.4 Å². The molecule has 1 saturated heterocycles. The summed E-state index contributed by atoms with van der Waals surface area (Å²) >= 11 is 0. The molecule has 0 bridgehead atoms. The molecule has 0 radical (unpaired) electrons. The minimum absolute atomic E-state index is 0.113. The van der Waals surface area contributed by atoms with Gasteiger partial charge < -0.3 is 14.7 Å². The number of carbonyl (C=O) groups excluding carboxylic acids is 1. The van der Waals surface area contributed by atoms with Crippen LogP contribution >= 0.6 is 0 Å². The van der Waals surface area contributed by atoms with Crippen LogP contribution in [0, 0.1) is 5.82 Å². The van der Waals surface area contributed by atoms with Gasteiger partial charge in [0.15, 0.2) is 0 Å². The van der Waals surface area contributed by atoms with E-state index >= 15 is 0 Å². The first kappa shape index (κ1) is 15.4. The summed E-state index contributed by atoms with van der Waals surface area (Å²) in [4.78, 5) is 14.4. The van der Waals surface area contributed by atoms with E-state index in [0.29, 0.717) is 25.9 Å². The maximum Gasteiger partial charge on any atom is 0.254 e. The Labute approximate surface area is 129 Å². The van der Waals surface area contributed by atoms with Crippen LogP contribution in [0.3, 0.4) is 0 Å². The number of carbonyl (C=O) groups is 1. The molecule has 2 atom stereocenters. The van der Waals surface area contributed by atoms with E-state index in [-0.39, 0.29) is 23.9 Å². The number of hydrogen-bond acceptors (Lipinski definition) is 3. The number of morpholine rings is 1. The molecule has 1 N–H and O–H groups in total. The number of ether oxygens (including phenoxy) is 1. The lowest BCUT2D eigenvalue weighted by Crippen LogP contribution is -2.53. The second kappa shape index (κ2) is 5.97. The average Bonchev–Trinajstić information content (AvgIpc) is 2.94. The van der Waals surface area contributed by atoms with E-state index < -0.39 is 5.60 Å². The standard InChI is InChI=1S/C17H22FNO3/c1-12-10-19(16(20)17(21)8-2-3-9-17)11-15(22-12)13-4-6-14(18)7-5-13/h4-7,12,15,21H,2-3,8-11H2,1H3. The SMILES string of the molecule is CC1CN(C(=O)C2(O)CCCC2)CC(c2ccc(F)cc2)O1. The summed E-state index contributed by atoms with van der Waals surface area (Å²) in [6.45, 7) is 2.80. The summed E-state index contributed by atoms with van der Waals surface area (Å²) in [6, 6.07) is 6.17. The second-order valence-corrected chi connectivity index (χ2v) is 6.44. The highest BCUT2D eigenvalue weighted by Gasteiger charge is 2.43. The Bertz CT molecular complexity index is 539. The van der Waals surface area contributed by atoms with Crippen molar-refractivity contribution >= 4 is 5.91 Å². The zero-order valence-electron chi connectivity index (χ0n) is 12.8. The van der Waals surface area contributed by atoms with Crippen molar-refractivity contribution < 1.29 is 19.0 Å². The first-order valence-corrected chi connectivity index (χ1v) is 7.91. The van der Waals surface area contributed by atoms with Crippen molar-refractivity contribution in [3.8, 4) is 0 Å². The van der Waals surface area contributed by atoms with Crippen LogP contribution in [0.2, 0.25) is 0 Å². The molecule has 1 saturated carbocycles. The molecule has 2 unspecified atom stereocenters. The van der Waals surface area contributed by atoms with Crippen LogP contribution < -0.4 is 0 Å². The Kier molecular flexibility index (Phi) is 4.19. The Morgan fingerprint density at radius 2 is 1.91 bits per heavy atom. The molecule has 2 fully saturated rings. The highest BCUT2D eigenvalue weighted by Crippen LogP contribution is 2.33. The van der Waals surface area contributed by atoms with Crippen LogP contribution in [0.15, 0.2) is 24.3 Å². The van der Waals surface area contributed by atoms with Gasteiger partial charge in [-0.25, -0.2) is 4.39 Å². The molecule has 1 aromatic carbocycles. The van der Waals surface area contributed by atoms with Gasteiger partial charge in [0.1, 0.15) is 17.5 Å². The number of amides is 1. The van der Waals surface area contributed by atoms with Gasteiger partial charge in [0.25, 0.3) is 5.91 Å². The van der Waals surface area contributed by atoms with E-state index in [9.17, 15) is 14.3 Å². The van der Waals surface area contributed by atoms with Crippen molar-refractivity contribution in [1.29, 1.82) is 0 Å². The van der Waals surface area contributed by atoms with Gasteiger partial charge in [0.05, 0.1) is 12.6 Å². The topological polar surface area (TPSA) is 49.8 Å². The molecule has 2 aliphatic rings. The number of nitrogens with zero attached hydrogens (tertiary/aromatic N) is 1. The van der Waals surface area contributed by atoms with Crippen molar-refractivity contribution in [2.24, 2.45) is 0 Å². The van der Waals surface area contributed by atoms with Gasteiger partial charge in [-0.2, -0.15) is 0 Å². The minimum atomic E-state index is -1.20. The summed E-state index contributed by atoms with van der Waals surface area (Å²) < 4.78 is 18.9. The quantitative estimate of drug-likeness (QED) is 0.913. The van der Waals surface area contributed by atoms with Crippen molar-refractivity contribution in [1.82, 2.24) is 4.90 Å². The van der Waals surface area contributed by atoms with Gasteiger partial charge in [0.2, 0.25) is 0 Å². The Morgan fingerprint density at radius 1 is 1.27 bits per heavy atom. The summed E-state index contributed by atoms with van der Waals surface area (Å²) in [5.74, 6) is -0.479. The predicted octanol–water partition coefficient (Wildman–Crippen LogP) is 2.42. The number of aliphatic hydroxyl groups is 1. The molecule has 3 rings (SSSR count). The van der Waals surface area contributed by atoms with Gasteiger partial charge in [-0.3, -0.25) is 4.79 Å². The van der Waals surface area contributed by atoms with Crippen LogP contribution in [0.4, 0.5) is 4.39 Å². The molecule has 1 amide bonds. The van der Waals surface area contributed by atoms with Crippen molar-refractivity contribution in [3.63, 3.8) is 0 Å². The third-order valence-electron chi connectivity index (χ3n) is 4.62. The fourth-order valence-electron chi connectivity index (χ4n) is 3.45. The zero-order valence-corrected chi connectivity index (χ0v) is 12.8. The molecule has 1 heterocycles. The number of halogens is 1. The Hall–Kier alpha value is -1.46. The fraction of sp³-hybridized carbons (Fsp3) is 0.588. The van der Waals surface area contributed by atoms with Crippen LogP contribution in [0.25, 0.3) is 0 Å². The van der Waals surface area contributed by atoms with E-state index in [1.807, 2.05) is 6.92 Å². The van der Waals surface area contributed by atoms with Crippen LogP contribution in [0.1, 0.15) is 44.3 Å². The third-order valence-corrected chi connectivity index (χ3v) is 4.62. The number of hydrogen-bond donors (Lipinski definition) is 1. The molecular weight excluding hydrogens is 285 g/mol. The Balaban J connectivity index is 1.76. The molecule has 5 heteroatoms. The van der Waals surface area contributed by atoms with Gasteiger partial charge >= 0.3 is 0 Å². The lowest BCUT2D eigenvalue weighted by Gasteiger charge is -2.40. The van der Waals surface area contributed by atoms with Crippen LogP contribution in [-0.4, -0.2) is 40.7 Å². The zero-order chi connectivity index (χ0) is 15.7. The number of benzene rings is 1. The highest BCUT2D eigenvalue weighted by molar-refractivity contribution is 5.85. The van der Waals surface area contributed by atoms with E-state index in [2.05, 4.69) is 0 Å². The molecule has 1 aliphatic carbocycles.